The van der Waals surface area contributed by atoms with Crippen molar-refractivity contribution in [1.82, 2.24) is 52.5 Å². The van der Waals surface area contributed by atoms with Crippen LogP contribution in [-0.4, -0.2) is 124 Å². The van der Waals surface area contributed by atoms with Crippen molar-refractivity contribution >= 4 is 70.0 Å². The average molecular weight is 1220 g/mol. The molecule has 480 valence electrons. The number of guanidine groups is 1. The van der Waals surface area contributed by atoms with Gasteiger partial charge in [-0.15, -0.1) is 0 Å². The smallest absolute Gasteiger partial charge is 0.243 e. The number of benzene rings is 2. The molecule has 2 aromatic heterocycles. The van der Waals surface area contributed by atoms with Gasteiger partial charge in [0.2, 0.25) is 53.2 Å². The first-order valence-electron chi connectivity index (χ1n) is 31.8. The highest BCUT2D eigenvalue weighted by Crippen LogP contribution is 2.21. The number of hydrogen-bond donors (Lipinski definition) is 12. The molecule has 0 radical (unpaired) electrons. The number of para-hydroxylation sites is 1. The molecule has 1 aliphatic rings. The summed E-state index contributed by atoms with van der Waals surface area (Å²) in [5.74, 6) is -6.35. The summed E-state index contributed by atoms with van der Waals surface area (Å²) in [4.78, 5) is 140. The predicted octanol–water partition coefficient (Wildman–Crippen LogP) is 4.49. The maximum absolute atomic E-state index is 15.0. The van der Waals surface area contributed by atoms with E-state index in [2.05, 4.69) is 64.4 Å². The van der Waals surface area contributed by atoms with E-state index in [1.807, 2.05) is 31.2 Å². The van der Waals surface area contributed by atoms with Gasteiger partial charge in [0.25, 0.3) is 0 Å². The van der Waals surface area contributed by atoms with Gasteiger partial charge in [-0.1, -0.05) is 145 Å². The molecule has 3 heterocycles. The van der Waals surface area contributed by atoms with Crippen LogP contribution in [0.1, 0.15) is 172 Å². The molecular formula is C65H96N14O9. The van der Waals surface area contributed by atoms with Gasteiger partial charge in [0.1, 0.15) is 42.3 Å². The molecule has 88 heavy (non-hydrogen) atoms. The van der Waals surface area contributed by atoms with Gasteiger partial charge in [0.15, 0.2) is 5.96 Å². The van der Waals surface area contributed by atoms with Crippen molar-refractivity contribution in [2.24, 2.45) is 22.2 Å². The molecule has 4 aromatic rings. The molecule has 9 amide bonds. The molecule has 23 heteroatoms. The Hall–Kier alpha value is -8.37. The van der Waals surface area contributed by atoms with Crippen LogP contribution in [-0.2, 0) is 62.4 Å². The summed E-state index contributed by atoms with van der Waals surface area (Å²) >= 11 is 0. The highest BCUT2D eigenvalue weighted by Gasteiger charge is 2.35. The zero-order valence-corrected chi connectivity index (χ0v) is 51.5. The number of hydrogen-bond acceptors (Lipinski definition) is 11. The maximum Gasteiger partial charge on any atom is 0.243 e. The number of carbonyl (C=O) groups excluding carboxylic acids is 9. The number of aromatic amines is 1. The van der Waals surface area contributed by atoms with E-state index in [1.165, 1.54) is 44.7 Å². The van der Waals surface area contributed by atoms with Crippen LogP contribution < -0.4 is 59.7 Å². The molecule has 0 spiro atoms. The van der Waals surface area contributed by atoms with Gasteiger partial charge < -0.3 is 64.7 Å². The number of nitrogens with two attached hydrogens (primary N) is 3. The lowest BCUT2D eigenvalue weighted by Gasteiger charge is -2.28. The highest BCUT2D eigenvalue weighted by atomic mass is 16.2. The van der Waals surface area contributed by atoms with E-state index in [9.17, 15) is 43.2 Å². The highest BCUT2D eigenvalue weighted by molar-refractivity contribution is 5.98. The Morgan fingerprint density at radius 3 is 1.88 bits per heavy atom. The fourth-order valence-corrected chi connectivity index (χ4v) is 10.7. The number of nitrogens with zero attached hydrogens (tertiary/aromatic N) is 2. The lowest BCUT2D eigenvalue weighted by molar-refractivity contribution is -0.136. The first-order valence-corrected chi connectivity index (χ1v) is 31.8. The SMILES string of the molecule is CCCCCCCCCCCCCC(=O)N[C@@H](CCCC)C(=O)N[C@H]1CCC(=O)NCCCC[C@@H](C(N)=O)NC(=O)[C@H](Cc2c[nH]c3ccccc23)NC(=O)[C@H](CCCN=C(N)N)NC(=O)[C@@H](Cc2ccccc2)NC(=O)[C@H](Cc2cccnc2)NC1=O. The summed E-state index contributed by atoms with van der Waals surface area (Å²) in [5.41, 5.74) is 19.7. The van der Waals surface area contributed by atoms with Gasteiger partial charge in [-0.25, -0.2) is 0 Å². The third-order valence-corrected chi connectivity index (χ3v) is 15.7. The van der Waals surface area contributed by atoms with E-state index in [0.717, 1.165) is 43.0 Å². The van der Waals surface area contributed by atoms with Crippen LogP contribution in [0.5, 0.6) is 0 Å². The minimum absolute atomic E-state index is 0.0442. The molecule has 0 unspecified atom stereocenters. The monoisotopic (exact) mass is 1220 g/mol. The van der Waals surface area contributed by atoms with Crippen molar-refractivity contribution < 1.29 is 43.2 Å². The molecule has 1 saturated heterocycles. The summed E-state index contributed by atoms with van der Waals surface area (Å²) in [7, 11) is 0. The Morgan fingerprint density at radius 1 is 0.625 bits per heavy atom. The molecule has 15 N–H and O–H groups in total. The zero-order chi connectivity index (χ0) is 63.5. The summed E-state index contributed by atoms with van der Waals surface area (Å²) in [5, 5.41) is 23.3. The standard InChI is InChI=1S/C65H96N14O9/c1-3-5-7-8-9-10-11-12-13-14-18-33-57(81)73-50(29-6-4-2)59(83)76-52-34-35-56(80)70-37-22-21-31-49(58(66)82)74-64(88)55(41-46-43-72-48-30-20-19-28-47(46)48)79-60(84)51(32-24-38-71-65(67)68)75-62(86)53(39-44-25-16-15-17-26-44)78-63(87)54(77-61(52)85)40-45-27-23-36-69-42-45/h15-17,19-20,23,25-28,30,36,42-43,49-55,72H,3-14,18,21-22,24,29,31-35,37-41H2,1-2H3,(H2,66,82)(H,70,80)(H,73,81)(H,74,88)(H,75,86)(H,76,83)(H,77,85)(H,78,87)(H,79,84)(H4,67,68,71)/t49-,50-,51-,52-,53+,54-,55-/m0/s1. The molecule has 5 rings (SSSR count). The van der Waals surface area contributed by atoms with Gasteiger partial charge in [-0.2, -0.15) is 0 Å². The number of aromatic nitrogens is 2. The maximum atomic E-state index is 15.0. The van der Waals surface area contributed by atoms with Gasteiger partial charge in [-0.3, -0.25) is 53.1 Å². The Morgan fingerprint density at radius 2 is 1.22 bits per heavy atom. The van der Waals surface area contributed by atoms with E-state index in [1.54, 1.807) is 54.9 Å². The van der Waals surface area contributed by atoms with Gasteiger partial charge >= 0.3 is 0 Å². The Labute approximate surface area is 517 Å². The first-order chi connectivity index (χ1) is 42.5. The number of rotatable bonds is 29. The molecule has 1 fully saturated rings. The van der Waals surface area contributed by atoms with E-state index in [-0.39, 0.29) is 89.2 Å². The molecule has 7 atom stereocenters. The molecule has 1 aliphatic heterocycles. The fraction of sp³-hybridized carbons (Fsp3) is 0.554. The van der Waals surface area contributed by atoms with Gasteiger partial charge in [0, 0.05) is 74.7 Å². The van der Waals surface area contributed by atoms with Crippen LogP contribution in [0.4, 0.5) is 0 Å². The van der Waals surface area contributed by atoms with E-state index >= 15 is 0 Å². The largest absolute Gasteiger partial charge is 0.370 e. The zero-order valence-electron chi connectivity index (χ0n) is 51.5. The van der Waals surface area contributed by atoms with Crippen molar-refractivity contribution in [2.75, 3.05) is 13.1 Å². The van der Waals surface area contributed by atoms with Crippen molar-refractivity contribution in [3.8, 4) is 0 Å². The molecular weight excluding hydrogens is 1120 g/mol. The van der Waals surface area contributed by atoms with E-state index < -0.39 is 89.6 Å². The van der Waals surface area contributed by atoms with Crippen LogP contribution in [0, 0.1) is 0 Å². The summed E-state index contributed by atoms with van der Waals surface area (Å²) in [6.07, 6.45) is 19.0. The number of nitrogens with one attached hydrogen (secondary N) is 9. The van der Waals surface area contributed by atoms with E-state index in [0.29, 0.717) is 42.4 Å². The van der Waals surface area contributed by atoms with Crippen LogP contribution >= 0.6 is 0 Å². The predicted molar refractivity (Wildman–Crippen MR) is 339 cm³/mol. The lowest BCUT2D eigenvalue weighted by Crippen LogP contribution is -2.61. The Kier molecular flexibility index (Phi) is 31.5. The van der Waals surface area contributed by atoms with Crippen molar-refractivity contribution in [3.63, 3.8) is 0 Å². The quantitative estimate of drug-likeness (QED) is 0.0203. The summed E-state index contributed by atoms with van der Waals surface area (Å²) in [6.45, 7) is 4.37. The second-order valence-corrected chi connectivity index (χ2v) is 23.0. The van der Waals surface area contributed by atoms with Gasteiger partial charge in [0.05, 0.1) is 0 Å². The first kappa shape index (κ1) is 70.4. The molecule has 0 saturated carbocycles. The topological polar surface area (TPSA) is 369 Å². The third kappa shape index (κ3) is 25.9. The fourth-order valence-electron chi connectivity index (χ4n) is 10.7. The van der Waals surface area contributed by atoms with E-state index in [4.69, 9.17) is 17.2 Å². The second-order valence-electron chi connectivity index (χ2n) is 23.0. The van der Waals surface area contributed by atoms with Gasteiger partial charge in [-0.05, 0) is 80.2 Å². The molecule has 0 bridgehead atoms. The van der Waals surface area contributed by atoms with Crippen molar-refractivity contribution in [2.45, 2.75) is 217 Å². The van der Waals surface area contributed by atoms with Crippen LogP contribution in [0.15, 0.2) is 90.3 Å². The number of fused-ring (bicyclic) bond motifs is 1. The minimum atomic E-state index is -1.41. The normalized spacial score (nSPS) is 19.9. The third-order valence-electron chi connectivity index (χ3n) is 15.7. The summed E-state index contributed by atoms with van der Waals surface area (Å²) in [6, 6.07) is 10.5. The number of amides is 9. The Balaban J connectivity index is 1.46. The number of aliphatic imine (C=N–C) groups is 1. The van der Waals surface area contributed by atoms with Crippen LogP contribution in [0.25, 0.3) is 10.9 Å². The van der Waals surface area contributed by atoms with Crippen LogP contribution in [0.3, 0.4) is 0 Å². The second kappa shape index (κ2) is 39.4. The van der Waals surface area contributed by atoms with Crippen LogP contribution in [0.2, 0.25) is 0 Å². The average Bonchev–Trinajstić information content (AvgIpc) is 3.01. The molecule has 23 nitrogen and oxygen atoms in total. The van der Waals surface area contributed by atoms with Crippen molar-refractivity contribution in [1.29, 1.82) is 0 Å². The molecule has 2 aromatic carbocycles. The Bertz CT molecular complexity index is 2860. The molecule has 0 aliphatic carbocycles. The summed E-state index contributed by atoms with van der Waals surface area (Å²) < 4.78 is 0. The van der Waals surface area contributed by atoms with Crippen molar-refractivity contribution in [3.05, 3.63) is 102 Å². The number of primary amides is 1. The number of carbonyl (C=O) groups is 9. The minimum Gasteiger partial charge on any atom is -0.370 e. The number of H-pyrrole nitrogens is 1. The number of pyridine rings is 1. The number of unbranched alkanes of at least 4 members (excludes halogenated alkanes) is 11. The lowest BCUT2D eigenvalue weighted by atomic mass is 10.0.